The lowest BCUT2D eigenvalue weighted by Gasteiger charge is -2.12. The fourth-order valence-corrected chi connectivity index (χ4v) is 2.18. The summed E-state index contributed by atoms with van der Waals surface area (Å²) in [4.78, 5) is 22.5. The molecule has 1 aliphatic heterocycles. The number of carbonyl (C=O) groups excluding carboxylic acids is 1. The maximum atomic E-state index is 11.7. The van der Waals surface area contributed by atoms with Gasteiger partial charge in [-0.3, -0.25) is 9.59 Å². The lowest BCUT2D eigenvalue weighted by molar-refractivity contribution is -0.136. The number of amides is 1. The van der Waals surface area contributed by atoms with E-state index in [2.05, 4.69) is 5.32 Å². The zero-order valence-corrected chi connectivity index (χ0v) is 11.7. The minimum atomic E-state index is -0.936. The second kappa shape index (κ2) is 7.64. The van der Waals surface area contributed by atoms with Crippen molar-refractivity contribution in [1.29, 1.82) is 0 Å². The molecule has 114 valence electrons. The van der Waals surface area contributed by atoms with Crippen molar-refractivity contribution in [3.63, 3.8) is 0 Å². The molecule has 6 heteroatoms. The Morgan fingerprint density at radius 2 is 2.19 bits per heavy atom. The predicted molar refractivity (Wildman–Crippen MR) is 75.3 cm³/mol. The Labute approximate surface area is 123 Å². The zero-order chi connectivity index (χ0) is 15.1. The van der Waals surface area contributed by atoms with Crippen molar-refractivity contribution >= 4 is 11.9 Å². The minimum absolute atomic E-state index is 0.0910. The number of benzene rings is 1. The molecule has 1 heterocycles. The van der Waals surface area contributed by atoms with E-state index in [1.807, 2.05) is 0 Å². The van der Waals surface area contributed by atoms with Crippen molar-refractivity contribution in [2.45, 2.75) is 25.4 Å². The van der Waals surface area contributed by atoms with Crippen molar-refractivity contribution in [2.75, 3.05) is 19.8 Å². The van der Waals surface area contributed by atoms with E-state index in [0.717, 1.165) is 19.4 Å². The van der Waals surface area contributed by atoms with E-state index in [-0.39, 0.29) is 25.0 Å². The Kier molecular flexibility index (Phi) is 5.57. The highest BCUT2D eigenvalue weighted by atomic mass is 16.5. The second-order valence-electron chi connectivity index (χ2n) is 4.91. The van der Waals surface area contributed by atoms with Gasteiger partial charge in [-0.1, -0.05) is 18.2 Å². The SMILES string of the molecule is O=C(O)Cc1ccccc1OCC(=O)NCC1CCCO1. The highest BCUT2D eigenvalue weighted by Gasteiger charge is 2.16. The predicted octanol–water partition coefficient (Wildman–Crippen LogP) is 0.988. The van der Waals surface area contributed by atoms with Gasteiger partial charge in [0, 0.05) is 18.7 Å². The number of hydrogen-bond donors (Lipinski definition) is 2. The summed E-state index contributed by atoms with van der Waals surface area (Å²) in [6, 6.07) is 6.81. The molecular weight excluding hydrogens is 274 g/mol. The molecule has 0 aliphatic carbocycles. The van der Waals surface area contributed by atoms with Gasteiger partial charge in [0.1, 0.15) is 5.75 Å². The van der Waals surface area contributed by atoms with Gasteiger partial charge in [-0.25, -0.2) is 0 Å². The van der Waals surface area contributed by atoms with E-state index in [9.17, 15) is 9.59 Å². The number of para-hydroxylation sites is 1. The molecule has 2 rings (SSSR count). The molecule has 6 nitrogen and oxygen atoms in total. The van der Waals surface area contributed by atoms with Gasteiger partial charge in [0.25, 0.3) is 5.91 Å². The summed E-state index contributed by atoms with van der Waals surface area (Å²) >= 11 is 0. The molecule has 1 amide bonds. The molecule has 0 aromatic heterocycles. The first-order chi connectivity index (χ1) is 10.1. The first kappa shape index (κ1) is 15.3. The van der Waals surface area contributed by atoms with Gasteiger partial charge in [0.05, 0.1) is 12.5 Å². The van der Waals surface area contributed by atoms with Gasteiger partial charge >= 0.3 is 5.97 Å². The van der Waals surface area contributed by atoms with E-state index in [4.69, 9.17) is 14.6 Å². The Morgan fingerprint density at radius 3 is 2.90 bits per heavy atom. The van der Waals surface area contributed by atoms with Gasteiger partial charge < -0.3 is 19.9 Å². The van der Waals surface area contributed by atoms with Crippen LogP contribution in [0.3, 0.4) is 0 Å². The Hall–Kier alpha value is -2.08. The van der Waals surface area contributed by atoms with Crippen LogP contribution in [0.15, 0.2) is 24.3 Å². The number of carbonyl (C=O) groups is 2. The standard InChI is InChI=1S/C15H19NO5/c17-14(16-9-12-5-3-7-20-12)10-21-13-6-2-1-4-11(13)8-15(18)19/h1-2,4,6,12H,3,5,7-10H2,(H,16,17)(H,18,19). The second-order valence-corrected chi connectivity index (χ2v) is 4.91. The minimum Gasteiger partial charge on any atom is -0.483 e. The average Bonchev–Trinajstić information content (AvgIpc) is 2.97. The number of carboxylic acid groups (broad SMARTS) is 1. The summed E-state index contributed by atoms with van der Waals surface area (Å²) in [5.74, 6) is -0.753. The largest absolute Gasteiger partial charge is 0.483 e. The normalized spacial score (nSPS) is 17.4. The number of nitrogens with one attached hydrogen (secondary N) is 1. The Morgan fingerprint density at radius 1 is 1.38 bits per heavy atom. The lowest BCUT2D eigenvalue weighted by Crippen LogP contribution is -2.35. The van der Waals surface area contributed by atoms with Gasteiger partial charge in [0.2, 0.25) is 0 Å². The maximum absolute atomic E-state index is 11.7. The highest BCUT2D eigenvalue weighted by Crippen LogP contribution is 2.18. The Balaban J connectivity index is 1.79. The molecule has 1 aromatic carbocycles. The molecule has 1 atom stereocenters. The first-order valence-corrected chi connectivity index (χ1v) is 6.96. The molecule has 0 bridgehead atoms. The number of rotatable bonds is 7. The number of ether oxygens (including phenoxy) is 2. The van der Waals surface area contributed by atoms with E-state index in [1.54, 1.807) is 24.3 Å². The molecule has 1 unspecified atom stereocenters. The number of hydrogen-bond acceptors (Lipinski definition) is 4. The van der Waals surface area contributed by atoms with E-state index >= 15 is 0 Å². The van der Waals surface area contributed by atoms with Crippen molar-refractivity contribution < 1.29 is 24.2 Å². The van der Waals surface area contributed by atoms with Crippen LogP contribution in [-0.2, 0) is 20.7 Å². The maximum Gasteiger partial charge on any atom is 0.307 e. The topological polar surface area (TPSA) is 84.9 Å². The average molecular weight is 293 g/mol. The summed E-state index contributed by atoms with van der Waals surface area (Å²) in [6.07, 6.45) is 1.95. The van der Waals surface area contributed by atoms with Gasteiger partial charge in [0.15, 0.2) is 6.61 Å². The van der Waals surface area contributed by atoms with Crippen LogP contribution in [0.1, 0.15) is 18.4 Å². The van der Waals surface area contributed by atoms with Crippen LogP contribution in [0.2, 0.25) is 0 Å². The van der Waals surface area contributed by atoms with Crippen LogP contribution in [0, 0.1) is 0 Å². The number of carboxylic acids is 1. The third-order valence-corrected chi connectivity index (χ3v) is 3.22. The van der Waals surface area contributed by atoms with Gasteiger partial charge in [-0.05, 0) is 18.9 Å². The first-order valence-electron chi connectivity index (χ1n) is 6.96. The Bertz CT molecular complexity index is 497. The van der Waals surface area contributed by atoms with E-state index < -0.39 is 5.97 Å². The third-order valence-electron chi connectivity index (χ3n) is 3.22. The molecule has 0 radical (unpaired) electrons. The van der Waals surface area contributed by atoms with Crippen molar-refractivity contribution in [2.24, 2.45) is 0 Å². The van der Waals surface area contributed by atoms with Crippen molar-refractivity contribution in [3.8, 4) is 5.75 Å². The molecule has 0 saturated carbocycles. The summed E-state index contributed by atoms with van der Waals surface area (Å²) < 4.78 is 10.8. The summed E-state index contributed by atoms with van der Waals surface area (Å²) in [6.45, 7) is 1.10. The fraction of sp³-hybridized carbons (Fsp3) is 0.467. The molecule has 1 saturated heterocycles. The van der Waals surface area contributed by atoms with Crippen LogP contribution in [-0.4, -0.2) is 42.8 Å². The van der Waals surface area contributed by atoms with Crippen LogP contribution in [0.4, 0.5) is 0 Å². The van der Waals surface area contributed by atoms with Crippen LogP contribution in [0.25, 0.3) is 0 Å². The molecule has 1 fully saturated rings. The van der Waals surface area contributed by atoms with Gasteiger partial charge in [-0.2, -0.15) is 0 Å². The molecular formula is C15H19NO5. The fourth-order valence-electron chi connectivity index (χ4n) is 2.18. The molecule has 1 aromatic rings. The van der Waals surface area contributed by atoms with Crippen LogP contribution >= 0.6 is 0 Å². The summed E-state index contributed by atoms with van der Waals surface area (Å²) in [5, 5.41) is 11.6. The smallest absolute Gasteiger partial charge is 0.307 e. The molecule has 1 aliphatic rings. The highest BCUT2D eigenvalue weighted by molar-refractivity contribution is 5.77. The lowest BCUT2D eigenvalue weighted by atomic mass is 10.1. The van der Waals surface area contributed by atoms with Gasteiger partial charge in [-0.15, -0.1) is 0 Å². The van der Waals surface area contributed by atoms with Crippen LogP contribution < -0.4 is 10.1 Å². The van der Waals surface area contributed by atoms with E-state index in [0.29, 0.717) is 17.9 Å². The molecule has 0 spiro atoms. The molecule has 21 heavy (non-hydrogen) atoms. The monoisotopic (exact) mass is 293 g/mol. The van der Waals surface area contributed by atoms with E-state index in [1.165, 1.54) is 0 Å². The summed E-state index contributed by atoms with van der Waals surface area (Å²) in [5.41, 5.74) is 0.553. The third kappa shape index (κ3) is 5.07. The quantitative estimate of drug-likeness (QED) is 0.783. The number of aliphatic carboxylic acids is 1. The zero-order valence-electron chi connectivity index (χ0n) is 11.7. The van der Waals surface area contributed by atoms with Crippen LogP contribution in [0.5, 0.6) is 5.75 Å². The molecule has 2 N–H and O–H groups in total. The van der Waals surface area contributed by atoms with Crippen molar-refractivity contribution in [1.82, 2.24) is 5.32 Å². The van der Waals surface area contributed by atoms with Crippen molar-refractivity contribution in [3.05, 3.63) is 29.8 Å². The summed E-state index contributed by atoms with van der Waals surface area (Å²) in [7, 11) is 0.